The van der Waals surface area contributed by atoms with Crippen molar-refractivity contribution >= 4 is 0 Å². The maximum atomic E-state index is 14.3. The zero-order valence-electron chi connectivity index (χ0n) is 20.4. The standard InChI is InChI=1S/C29H40F3N/c1-26-17-15-24-22(11-13-25-27(24,2)16-7-19-33-25)23(26)12-10-20(26)14-18-28(3,29(30,31)32)21-8-5-4-6-9-21/h4-9,16,20,22-25,33H,10-15,17-19H2,1-3H3/t20-,22+,23+,24+,25-,26-,27-,28?/m1/s1. The molecule has 0 amide bonds. The van der Waals surface area contributed by atoms with E-state index in [-0.39, 0.29) is 17.3 Å². The zero-order chi connectivity index (χ0) is 23.5. The first-order chi connectivity index (χ1) is 15.6. The van der Waals surface area contributed by atoms with Crippen molar-refractivity contribution in [3.8, 4) is 0 Å². The van der Waals surface area contributed by atoms with Gasteiger partial charge in [0, 0.05) is 18.0 Å². The van der Waals surface area contributed by atoms with Crippen LogP contribution in [0.3, 0.4) is 0 Å². The quantitative estimate of drug-likeness (QED) is 0.456. The Morgan fingerprint density at radius 2 is 1.73 bits per heavy atom. The van der Waals surface area contributed by atoms with Gasteiger partial charge in [0.25, 0.3) is 0 Å². The first-order valence-electron chi connectivity index (χ1n) is 13.1. The fraction of sp³-hybridized carbons (Fsp3) is 0.724. The summed E-state index contributed by atoms with van der Waals surface area (Å²) in [5.41, 5.74) is -0.935. The van der Waals surface area contributed by atoms with Crippen LogP contribution in [0.5, 0.6) is 0 Å². The van der Waals surface area contributed by atoms with Crippen molar-refractivity contribution in [2.75, 3.05) is 6.54 Å². The molecular weight excluding hydrogens is 419 g/mol. The number of benzene rings is 1. The van der Waals surface area contributed by atoms with Crippen molar-refractivity contribution < 1.29 is 13.2 Å². The Hall–Kier alpha value is -1.29. The second-order valence-corrected chi connectivity index (χ2v) is 12.2. The van der Waals surface area contributed by atoms with Crippen LogP contribution in [0.2, 0.25) is 0 Å². The average molecular weight is 460 g/mol. The van der Waals surface area contributed by atoms with E-state index in [1.54, 1.807) is 30.3 Å². The molecule has 1 N–H and O–H groups in total. The van der Waals surface area contributed by atoms with Gasteiger partial charge in [-0.1, -0.05) is 56.3 Å². The lowest BCUT2D eigenvalue weighted by Crippen LogP contribution is -2.58. The minimum atomic E-state index is -4.24. The number of hydrogen-bond acceptors (Lipinski definition) is 1. The van der Waals surface area contributed by atoms with Gasteiger partial charge in [-0.05, 0) is 92.9 Å². The molecular formula is C29H40F3N. The Labute approximate surface area is 197 Å². The molecule has 0 bridgehead atoms. The van der Waals surface area contributed by atoms with Crippen molar-refractivity contribution in [3.05, 3.63) is 48.0 Å². The van der Waals surface area contributed by atoms with E-state index in [1.165, 1.54) is 39.0 Å². The van der Waals surface area contributed by atoms with E-state index >= 15 is 0 Å². The van der Waals surface area contributed by atoms with Crippen LogP contribution in [0.4, 0.5) is 13.2 Å². The second kappa shape index (κ2) is 8.14. The van der Waals surface area contributed by atoms with Crippen molar-refractivity contribution in [3.63, 3.8) is 0 Å². The summed E-state index contributed by atoms with van der Waals surface area (Å²) >= 11 is 0. The highest BCUT2D eigenvalue weighted by atomic mass is 19.4. The molecule has 182 valence electrons. The van der Waals surface area contributed by atoms with Gasteiger partial charge >= 0.3 is 6.18 Å². The molecule has 1 heterocycles. The van der Waals surface area contributed by atoms with Crippen LogP contribution in [-0.2, 0) is 5.41 Å². The van der Waals surface area contributed by atoms with Gasteiger partial charge in [0.15, 0.2) is 0 Å². The maximum Gasteiger partial charge on any atom is 0.398 e. The molecule has 3 fully saturated rings. The fourth-order valence-corrected chi connectivity index (χ4v) is 8.78. The van der Waals surface area contributed by atoms with Crippen LogP contribution < -0.4 is 5.32 Å². The van der Waals surface area contributed by atoms with Crippen molar-refractivity contribution in [1.29, 1.82) is 0 Å². The van der Waals surface area contributed by atoms with Gasteiger partial charge in [-0.2, -0.15) is 13.2 Å². The number of alkyl halides is 3. The molecule has 4 aliphatic rings. The van der Waals surface area contributed by atoms with Crippen LogP contribution in [-0.4, -0.2) is 18.8 Å². The number of rotatable bonds is 4. The Balaban J connectivity index is 1.35. The fourth-order valence-electron chi connectivity index (χ4n) is 8.78. The third-order valence-electron chi connectivity index (χ3n) is 11.0. The van der Waals surface area contributed by atoms with E-state index in [9.17, 15) is 13.2 Å². The van der Waals surface area contributed by atoms with E-state index < -0.39 is 11.6 Å². The van der Waals surface area contributed by atoms with Gasteiger partial charge < -0.3 is 5.32 Å². The summed E-state index contributed by atoms with van der Waals surface area (Å²) in [4.78, 5) is 0. The number of fused-ring (bicyclic) bond motifs is 5. The second-order valence-electron chi connectivity index (χ2n) is 12.2. The molecule has 3 aliphatic carbocycles. The molecule has 8 atom stereocenters. The van der Waals surface area contributed by atoms with E-state index in [0.717, 1.165) is 18.9 Å². The summed E-state index contributed by atoms with van der Waals surface area (Å²) < 4.78 is 42.9. The van der Waals surface area contributed by atoms with Gasteiger partial charge in [-0.3, -0.25) is 0 Å². The van der Waals surface area contributed by atoms with Crippen molar-refractivity contribution in [1.82, 2.24) is 5.32 Å². The minimum absolute atomic E-state index is 0.189. The Kier molecular flexibility index (Phi) is 5.78. The normalized spacial score (nSPS) is 42.2. The summed E-state index contributed by atoms with van der Waals surface area (Å²) in [5.74, 6) is 2.51. The Morgan fingerprint density at radius 1 is 0.970 bits per heavy atom. The van der Waals surface area contributed by atoms with E-state index in [2.05, 4.69) is 31.3 Å². The zero-order valence-corrected chi connectivity index (χ0v) is 20.4. The number of hydrogen-bond donors (Lipinski definition) is 1. The van der Waals surface area contributed by atoms with Crippen molar-refractivity contribution in [2.24, 2.45) is 34.5 Å². The van der Waals surface area contributed by atoms with E-state index in [4.69, 9.17) is 0 Å². The molecule has 0 spiro atoms. The monoisotopic (exact) mass is 459 g/mol. The molecule has 33 heavy (non-hydrogen) atoms. The van der Waals surface area contributed by atoms with Gasteiger partial charge in [0.05, 0.1) is 5.41 Å². The first-order valence-corrected chi connectivity index (χ1v) is 13.1. The van der Waals surface area contributed by atoms with Crippen LogP contribution in [0.1, 0.15) is 77.7 Å². The van der Waals surface area contributed by atoms with Crippen LogP contribution >= 0.6 is 0 Å². The van der Waals surface area contributed by atoms with Gasteiger partial charge in [-0.25, -0.2) is 0 Å². The molecule has 5 rings (SSSR count). The molecule has 0 aromatic heterocycles. The highest BCUT2D eigenvalue weighted by molar-refractivity contribution is 5.27. The summed E-state index contributed by atoms with van der Waals surface area (Å²) in [7, 11) is 0. The summed E-state index contributed by atoms with van der Waals surface area (Å²) in [5, 5.41) is 3.75. The Bertz CT molecular complexity index is 879. The molecule has 1 aliphatic heterocycles. The van der Waals surface area contributed by atoms with E-state index in [1.807, 2.05) is 0 Å². The molecule has 0 radical (unpaired) electrons. The lowest BCUT2D eigenvalue weighted by Gasteiger charge is -2.59. The molecule has 3 saturated carbocycles. The van der Waals surface area contributed by atoms with Crippen molar-refractivity contribution in [2.45, 2.75) is 89.8 Å². The van der Waals surface area contributed by atoms with Gasteiger partial charge in [0.2, 0.25) is 0 Å². The van der Waals surface area contributed by atoms with E-state index in [0.29, 0.717) is 35.8 Å². The average Bonchev–Trinajstić information content (AvgIpc) is 3.13. The molecule has 4 heteroatoms. The predicted molar refractivity (Wildman–Crippen MR) is 128 cm³/mol. The third kappa shape index (κ3) is 3.61. The van der Waals surface area contributed by atoms with Gasteiger partial charge in [-0.15, -0.1) is 0 Å². The van der Waals surface area contributed by atoms with Gasteiger partial charge in [0.1, 0.15) is 0 Å². The van der Waals surface area contributed by atoms with Crippen LogP contribution in [0, 0.1) is 34.5 Å². The minimum Gasteiger partial charge on any atom is -0.310 e. The SMILES string of the molecule is CC(CC[C@H]1CC[C@H]2[C@@H]3CC[C@H]4NCC=C[C@]4(C)[C@H]3CC[C@]12C)(c1ccccc1)C(F)(F)F. The third-order valence-corrected chi connectivity index (χ3v) is 11.0. The first kappa shape index (κ1) is 23.5. The lowest BCUT2D eigenvalue weighted by atomic mass is 9.47. The topological polar surface area (TPSA) is 12.0 Å². The largest absolute Gasteiger partial charge is 0.398 e. The summed E-state index contributed by atoms with van der Waals surface area (Å²) in [6.07, 6.45) is 8.65. The molecule has 1 aromatic carbocycles. The summed E-state index contributed by atoms with van der Waals surface area (Å²) in [6, 6.07) is 9.17. The number of nitrogens with one attached hydrogen (secondary N) is 1. The van der Waals surface area contributed by atoms with Crippen LogP contribution in [0.25, 0.3) is 0 Å². The maximum absolute atomic E-state index is 14.3. The molecule has 1 aromatic rings. The molecule has 1 unspecified atom stereocenters. The van der Waals surface area contributed by atoms with Crippen LogP contribution in [0.15, 0.2) is 42.5 Å². The number of halogens is 3. The lowest BCUT2D eigenvalue weighted by molar-refractivity contribution is -0.189. The highest BCUT2D eigenvalue weighted by Crippen LogP contribution is 2.66. The molecule has 0 saturated heterocycles. The predicted octanol–water partition coefficient (Wildman–Crippen LogP) is 7.67. The highest BCUT2D eigenvalue weighted by Gasteiger charge is 2.60. The smallest absolute Gasteiger partial charge is 0.310 e. The summed E-state index contributed by atoms with van der Waals surface area (Å²) in [6.45, 7) is 7.29. The Morgan fingerprint density at radius 3 is 2.45 bits per heavy atom. The molecule has 1 nitrogen and oxygen atoms in total.